The van der Waals surface area contributed by atoms with E-state index in [4.69, 9.17) is 5.11 Å². The van der Waals surface area contributed by atoms with Gasteiger partial charge in [-0.25, -0.2) is 13.1 Å². The first-order chi connectivity index (χ1) is 8.98. The standard InChI is InChI=1S/C12H23NO6S/c1-5-19-11(16)6-7-20(17,18)13-9(8-10(14)15)12(2,3)4/h9,13H,5-8H2,1-4H3,(H,14,15). The van der Waals surface area contributed by atoms with Crippen LogP contribution in [0, 0.1) is 5.41 Å². The topological polar surface area (TPSA) is 110 Å². The number of carbonyl (C=O) groups excluding carboxylic acids is 1. The number of carboxylic acids is 1. The van der Waals surface area contributed by atoms with Crippen LogP contribution in [0.15, 0.2) is 0 Å². The quantitative estimate of drug-likeness (QED) is 0.640. The van der Waals surface area contributed by atoms with Gasteiger partial charge in [0.15, 0.2) is 0 Å². The second kappa shape index (κ2) is 7.58. The fourth-order valence-electron chi connectivity index (χ4n) is 1.43. The summed E-state index contributed by atoms with van der Waals surface area (Å²) in [6.45, 7) is 7.06. The van der Waals surface area contributed by atoms with Gasteiger partial charge in [-0.15, -0.1) is 0 Å². The molecule has 0 rings (SSSR count). The number of aliphatic carboxylic acids is 1. The Bertz CT molecular complexity index is 437. The van der Waals surface area contributed by atoms with Crippen molar-refractivity contribution in [2.75, 3.05) is 12.4 Å². The number of rotatable bonds is 8. The Hall–Kier alpha value is -1.15. The van der Waals surface area contributed by atoms with Gasteiger partial charge in [0.25, 0.3) is 0 Å². The summed E-state index contributed by atoms with van der Waals surface area (Å²) in [7, 11) is -3.74. The number of carboxylic acid groups (broad SMARTS) is 1. The Labute approximate surface area is 119 Å². The van der Waals surface area contributed by atoms with Crippen molar-refractivity contribution < 1.29 is 27.9 Å². The number of ether oxygens (including phenoxy) is 1. The molecular formula is C12H23NO6S. The van der Waals surface area contributed by atoms with Gasteiger partial charge in [0.05, 0.1) is 25.2 Å². The number of nitrogens with one attached hydrogen (secondary N) is 1. The van der Waals surface area contributed by atoms with E-state index in [1.54, 1.807) is 27.7 Å². The zero-order valence-electron chi connectivity index (χ0n) is 12.3. The van der Waals surface area contributed by atoms with Gasteiger partial charge in [0.2, 0.25) is 10.0 Å². The minimum absolute atomic E-state index is 0.190. The smallest absolute Gasteiger partial charge is 0.306 e. The Kier molecular flexibility index (Phi) is 7.15. The Morgan fingerprint density at radius 1 is 1.30 bits per heavy atom. The number of esters is 1. The second-order valence-electron chi connectivity index (χ2n) is 5.51. The van der Waals surface area contributed by atoms with Gasteiger partial charge in [-0.05, 0) is 12.3 Å². The Morgan fingerprint density at radius 3 is 2.25 bits per heavy atom. The molecule has 0 bridgehead atoms. The van der Waals surface area contributed by atoms with Crippen LogP contribution in [-0.4, -0.2) is 43.9 Å². The highest BCUT2D eigenvalue weighted by Crippen LogP contribution is 2.22. The third kappa shape index (κ3) is 8.11. The number of hydrogen-bond acceptors (Lipinski definition) is 5. The maximum atomic E-state index is 11.9. The Balaban J connectivity index is 4.68. The fraction of sp³-hybridized carbons (Fsp3) is 0.833. The summed E-state index contributed by atoms with van der Waals surface area (Å²) in [5.74, 6) is -2.10. The first kappa shape index (κ1) is 18.9. The van der Waals surface area contributed by atoms with Crippen LogP contribution in [-0.2, 0) is 24.3 Å². The summed E-state index contributed by atoms with van der Waals surface area (Å²) in [6.07, 6.45) is -0.574. The highest BCUT2D eigenvalue weighted by atomic mass is 32.2. The molecule has 0 amide bonds. The molecule has 118 valence electrons. The number of carbonyl (C=O) groups is 2. The lowest BCUT2D eigenvalue weighted by Crippen LogP contribution is -2.46. The maximum Gasteiger partial charge on any atom is 0.306 e. The van der Waals surface area contributed by atoms with Crippen molar-refractivity contribution in [3.63, 3.8) is 0 Å². The molecule has 8 heteroatoms. The summed E-state index contributed by atoms with van der Waals surface area (Å²) < 4.78 is 30.7. The van der Waals surface area contributed by atoms with Crippen molar-refractivity contribution in [1.82, 2.24) is 4.72 Å². The normalized spacial score (nSPS) is 13.8. The van der Waals surface area contributed by atoms with Gasteiger partial charge in [0.1, 0.15) is 0 Å². The van der Waals surface area contributed by atoms with Gasteiger partial charge in [-0.1, -0.05) is 20.8 Å². The van der Waals surface area contributed by atoms with E-state index in [1.165, 1.54) is 0 Å². The van der Waals surface area contributed by atoms with E-state index in [0.717, 1.165) is 0 Å². The summed E-state index contributed by atoms with van der Waals surface area (Å²) in [5, 5.41) is 8.82. The molecule has 0 spiro atoms. The molecule has 0 aromatic carbocycles. The maximum absolute atomic E-state index is 11.9. The average Bonchev–Trinajstić information content (AvgIpc) is 2.24. The largest absolute Gasteiger partial charge is 0.481 e. The van der Waals surface area contributed by atoms with Crippen LogP contribution in [0.4, 0.5) is 0 Å². The van der Waals surface area contributed by atoms with E-state index < -0.39 is 39.2 Å². The van der Waals surface area contributed by atoms with Crippen LogP contribution in [0.2, 0.25) is 0 Å². The minimum Gasteiger partial charge on any atom is -0.481 e. The lowest BCUT2D eigenvalue weighted by molar-refractivity contribution is -0.142. The van der Waals surface area contributed by atoms with Crippen molar-refractivity contribution in [3.05, 3.63) is 0 Å². The zero-order valence-corrected chi connectivity index (χ0v) is 13.1. The molecule has 20 heavy (non-hydrogen) atoms. The molecule has 1 atom stereocenters. The molecule has 1 unspecified atom stereocenters. The molecule has 0 aromatic rings. The van der Waals surface area contributed by atoms with E-state index in [-0.39, 0.29) is 19.4 Å². The fourth-order valence-corrected chi connectivity index (χ4v) is 2.85. The Morgan fingerprint density at radius 2 is 1.85 bits per heavy atom. The molecule has 0 heterocycles. The molecule has 0 saturated heterocycles. The average molecular weight is 309 g/mol. The molecule has 0 aliphatic rings. The molecule has 0 aliphatic carbocycles. The number of sulfonamides is 1. The molecular weight excluding hydrogens is 286 g/mol. The predicted octanol–water partition coefficient (Wildman–Crippen LogP) is 0.748. The summed E-state index contributed by atoms with van der Waals surface area (Å²) >= 11 is 0. The minimum atomic E-state index is -3.74. The van der Waals surface area contributed by atoms with Gasteiger partial charge in [-0.2, -0.15) is 0 Å². The van der Waals surface area contributed by atoms with E-state index in [1.807, 2.05) is 0 Å². The van der Waals surface area contributed by atoms with Gasteiger partial charge in [-0.3, -0.25) is 9.59 Å². The monoisotopic (exact) mass is 309 g/mol. The molecule has 0 aromatic heterocycles. The second-order valence-corrected chi connectivity index (χ2v) is 7.38. The van der Waals surface area contributed by atoms with E-state index in [2.05, 4.69) is 9.46 Å². The zero-order chi connectivity index (χ0) is 16.0. The molecule has 0 saturated carbocycles. The first-order valence-corrected chi connectivity index (χ1v) is 8.00. The highest BCUT2D eigenvalue weighted by Gasteiger charge is 2.30. The molecule has 7 nitrogen and oxygen atoms in total. The van der Waals surface area contributed by atoms with Crippen LogP contribution in [0.5, 0.6) is 0 Å². The van der Waals surface area contributed by atoms with Crippen LogP contribution >= 0.6 is 0 Å². The van der Waals surface area contributed by atoms with Crippen LogP contribution in [0.3, 0.4) is 0 Å². The van der Waals surface area contributed by atoms with Crippen molar-refractivity contribution in [1.29, 1.82) is 0 Å². The van der Waals surface area contributed by atoms with Crippen molar-refractivity contribution in [2.24, 2.45) is 5.41 Å². The van der Waals surface area contributed by atoms with E-state index in [9.17, 15) is 18.0 Å². The lowest BCUT2D eigenvalue weighted by atomic mass is 9.85. The molecule has 0 aliphatic heterocycles. The first-order valence-electron chi connectivity index (χ1n) is 6.35. The van der Waals surface area contributed by atoms with E-state index >= 15 is 0 Å². The van der Waals surface area contributed by atoms with Crippen molar-refractivity contribution in [3.8, 4) is 0 Å². The molecule has 0 fully saturated rings. The molecule has 0 radical (unpaired) electrons. The van der Waals surface area contributed by atoms with Crippen molar-refractivity contribution >= 4 is 22.0 Å². The summed E-state index contributed by atoms with van der Waals surface area (Å²) in [4.78, 5) is 21.9. The van der Waals surface area contributed by atoms with Gasteiger partial charge < -0.3 is 9.84 Å². The van der Waals surface area contributed by atoms with Crippen LogP contribution in [0.1, 0.15) is 40.5 Å². The van der Waals surface area contributed by atoms with Crippen LogP contribution in [0.25, 0.3) is 0 Å². The summed E-state index contributed by atoms with van der Waals surface area (Å²) in [6, 6.07) is -0.743. The third-order valence-corrected chi connectivity index (χ3v) is 4.01. The van der Waals surface area contributed by atoms with Gasteiger partial charge in [0, 0.05) is 6.04 Å². The van der Waals surface area contributed by atoms with E-state index in [0.29, 0.717) is 0 Å². The lowest BCUT2D eigenvalue weighted by Gasteiger charge is -2.30. The van der Waals surface area contributed by atoms with Crippen molar-refractivity contribution in [2.45, 2.75) is 46.6 Å². The predicted molar refractivity (Wildman–Crippen MR) is 73.7 cm³/mol. The third-order valence-electron chi connectivity index (χ3n) is 2.63. The summed E-state index contributed by atoms with van der Waals surface area (Å²) in [5.41, 5.74) is -0.546. The SMILES string of the molecule is CCOC(=O)CCS(=O)(=O)NC(CC(=O)O)C(C)(C)C. The molecule has 2 N–H and O–H groups in total. The van der Waals surface area contributed by atoms with Gasteiger partial charge >= 0.3 is 11.9 Å². The highest BCUT2D eigenvalue weighted by molar-refractivity contribution is 7.89. The number of hydrogen-bond donors (Lipinski definition) is 2. The van der Waals surface area contributed by atoms with Crippen LogP contribution < -0.4 is 4.72 Å².